The molecule has 1 aliphatic rings. The number of aryl methyl sites for hydroxylation is 1. The van der Waals surface area contributed by atoms with Crippen molar-refractivity contribution in [1.82, 2.24) is 10.2 Å². The zero-order valence-electron chi connectivity index (χ0n) is 16.2. The predicted molar refractivity (Wildman–Crippen MR) is 111 cm³/mol. The first-order valence-electron chi connectivity index (χ1n) is 9.71. The number of hydrogen-bond donors (Lipinski definition) is 1. The number of morpholine rings is 1. The number of rotatable bonds is 8. The third kappa shape index (κ3) is 5.96. The van der Waals surface area contributed by atoms with E-state index in [1.165, 1.54) is 5.56 Å². The Balaban J connectivity index is 1.55. The lowest BCUT2D eigenvalue weighted by atomic mass is 10.0. The minimum Gasteiger partial charge on any atom is -0.484 e. The molecule has 1 heterocycles. The lowest BCUT2D eigenvalue weighted by Crippen LogP contribution is -2.44. The molecule has 150 valence electrons. The Bertz CT molecular complexity index is 743. The van der Waals surface area contributed by atoms with E-state index in [1.54, 1.807) is 0 Å². The molecular weight excluding hydrogens is 376 g/mol. The zero-order valence-corrected chi connectivity index (χ0v) is 17.0. The van der Waals surface area contributed by atoms with Gasteiger partial charge < -0.3 is 14.8 Å². The Morgan fingerprint density at radius 2 is 1.82 bits per heavy atom. The lowest BCUT2D eigenvalue weighted by molar-refractivity contribution is -0.123. The van der Waals surface area contributed by atoms with Gasteiger partial charge >= 0.3 is 0 Å². The Morgan fingerprint density at radius 3 is 2.46 bits per heavy atom. The molecule has 1 atom stereocenters. The van der Waals surface area contributed by atoms with Crippen LogP contribution in [0.25, 0.3) is 0 Å². The summed E-state index contributed by atoms with van der Waals surface area (Å²) in [7, 11) is 0. The molecule has 28 heavy (non-hydrogen) atoms. The molecule has 1 aliphatic heterocycles. The second-order valence-corrected chi connectivity index (χ2v) is 7.24. The van der Waals surface area contributed by atoms with Crippen LogP contribution in [0.4, 0.5) is 0 Å². The number of benzene rings is 2. The fraction of sp³-hybridized carbons (Fsp3) is 0.409. The van der Waals surface area contributed by atoms with Crippen LogP contribution in [0, 0.1) is 0 Å². The van der Waals surface area contributed by atoms with Gasteiger partial charge in [-0.05, 0) is 41.8 Å². The molecule has 0 aromatic heterocycles. The van der Waals surface area contributed by atoms with Crippen LogP contribution in [0.15, 0.2) is 48.5 Å². The number of hydrogen-bond acceptors (Lipinski definition) is 4. The summed E-state index contributed by atoms with van der Waals surface area (Å²) in [4.78, 5) is 14.6. The van der Waals surface area contributed by atoms with E-state index in [-0.39, 0.29) is 18.6 Å². The summed E-state index contributed by atoms with van der Waals surface area (Å²) in [5, 5.41) is 3.71. The van der Waals surface area contributed by atoms with Gasteiger partial charge in [-0.15, -0.1) is 0 Å². The number of nitrogens with one attached hydrogen (secondary N) is 1. The van der Waals surface area contributed by atoms with Crippen molar-refractivity contribution in [3.63, 3.8) is 0 Å². The van der Waals surface area contributed by atoms with E-state index >= 15 is 0 Å². The maximum absolute atomic E-state index is 12.3. The third-order valence-electron chi connectivity index (χ3n) is 4.94. The highest BCUT2D eigenvalue weighted by atomic mass is 35.5. The topological polar surface area (TPSA) is 50.8 Å². The predicted octanol–water partition coefficient (Wildman–Crippen LogP) is 3.47. The van der Waals surface area contributed by atoms with Gasteiger partial charge in [-0.3, -0.25) is 9.69 Å². The highest BCUT2D eigenvalue weighted by molar-refractivity contribution is 6.30. The Morgan fingerprint density at radius 1 is 1.14 bits per heavy atom. The molecule has 0 spiro atoms. The molecule has 3 rings (SSSR count). The second-order valence-electron chi connectivity index (χ2n) is 6.81. The molecule has 0 bridgehead atoms. The molecule has 0 saturated carbocycles. The molecule has 0 radical (unpaired) electrons. The Hall–Kier alpha value is -2.08. The third-order valence-corrected chi connectivity index (χ3v) is 5.19. The minimum absolute atomic E-state index is 0.00191. The Labute approximate surface area is 171 Å². The molecule has 1 saturated heterocycles. The summed E-state index contributed by atoms with van der Waals surface area (Å²) >= 11 is 6.03. The van der Waals surface area contributed by atoms with Crippen molar-refractivity contribution >= 4 is 17.5 Å². The standard InChI is InChI=1S/C22H27ClN2O3/c1-2-17-3-9-20(10-4-17)28-16-22(26)24-15-21(25-11-13-27-14-12-25)18-5-7-19(23)8-6-18/h3-10,21H,2,11-16H2,1H3,(H,24,26). The van der Waals surface area contributed by atoms with Gasteiger partial charge in [0.2, 0.25) is 0 Å². The summed E-state index contributed by atoms with van der Waals surface area (Å²) in [5.74, 6) is 0.571. The van der Waals surface area contributed by atoms with Crippen LogP contribution in [0.3, 0.4) is 0 Å². The van der Waals surface area contributed by atoms with Crippen LogP contribution >= 0.6 is 11.6 Å². The average Bonchev–Trinajstić information content (AvgIpc) is 2.75. The molecule has 2 aromatic rings. The van der Waals surface area contributed by atoms with Crippen LogP contribution < -0.4 is 10.1 Å². The highest BCUT2D eigenvalue weighted by Gasteiger charge is 2.23. The monoisotopic (exact) mass is 402 g/mol. The van der Waals surface area contributed by atoms with Crippen molar-refractivity contribution in [3.8, 4) is 5.75 Å². The molecule has 2 aromatic carbocycles. The molecule has 6 heteroatoms. The average molecular weight is 403 g/mol. The van der Waals surface area contributed by atoms with Crippen molar-refractivity contribution in [2.75, 3.05) is 39.5 Å². The van der Waals surface area contributed by atoms with Crippen molar-refractivity contribution < 1.29 is 14.3 Å². The van der Waals surface area contributed by atoms with Gasteiger partial charge in [0.1, 0.15) is 5.75 Å². The first-order valence-corrected chi connectivity index (χ1v) is 10.1. The summed E-state index contributed by atoms with van der Waals surface area (Å²) in [6, 6.07) is 15.7. The van der Waals surface area contributed by atoms with Crippen molar-refractivity contribution in [2.24, 2.45) is 0 Å². The van der Waals surface area contributed by atoms with E-state index in [9.17, 15) is 4.79 Å². The van der Waals surface area contributed by atoms with E-state index in [2.05, 4.69) is 17.1 Å². The van der Waals surface area contributed by atoms with Gasteiger partial charge in [0.05, 0.1) is 19.3 Å². The van der Waals surface area contributed by atoms with Crippen LogP contribution in [0.1, 0.15) is 24.1 Å². The number of ether oxygens (including phenoxy) is 2. The maximum Gasteiger partial charge on any atom is 0.258 e. The van der Waals surface area contributed by atoms with Gasteiger partial charge in [0, 0.05) is 24.7 Å². The number of carbonyl (C=O) groups is 1. The summed E-state index contributed by atoms with van der Waals surface area (Å²) in [6.45, 7) is 5.70. The van der Waals surface area contributed by atoms with Crippen LogP contribution in [-0.2, 0) is 16.0 Å². The smallest absolute Gasteiger partial charge is 0.258 e. The second kappa shape index (κ2) is 10.5. The SMILES string of the molecule is CCc1ccc(OCC(=O)NCC(c2ccc(Cl)cc2)N2CCOCC2)cc1. The molecule has 1 N–H and O–H groups in total. The molecule has 1 unspecified atom stereocenters. The fourth-order valence-corrected chi connectivity index (χ4v) is 3.39. The normalized spacial score (nSPS) is 15.8. The van der Waals surface area contributed by atoms with Gasteiger partial charge in [0.25, 0.3) is 5.91 Å². The molecule has 0 aliphatic carbocycles. The van der Waals surface area contributed by atoms with E-state index in [0.29, 0.717) is 30.5 Å². The number of carbonyl (C=O) groups excluding carboxylic acids is 1. The summed E-state index contributed by atoms with van der Waals surface area (Å²) in [5.41, 5.74) is 2.37. The van der Waals surface area contributed by atoms with Gasteiger partial charge in [-0.1, -0.05) is 42.8 Å². The largest absolute Gasteiger partial charge is 0.484 e. The van der Waals surface area contributed by atoms with Gasteiger partial charge in [-0.2, -0.15) is 0 Å². The van der Waals surface area contributed by atoms with Crippen molar-refractivity contribution in [1.29, 1.82) is 0 Å². The van der Waals surface area contributed by atoms with Gasteiger partial charge in [0.15, 0.2) is 6.61 Å². The van der Waals surface area contributed by atoms with E-state index in [1.807, 2.05) is 48.5 Å². The van der Waals surface area contributed by atoms with Gasteiger partial charge in [-0.25, -0.2) is 0 Å². The van der Waals surface area contributed by atoms with E-state index < -0.39 is 0 Å². The number of amides is 1. The summed E-state index contributed by atoms with van der Waals surface area (Å²) in [6.07, 6.45) is 0.981. The van der Waals surface area contributed by atoms with E-state index in [0.717, 1.165) is 25.1 Å². The molecule has 1 fully saturated rings. The van der Waals surface area contributed by atoms with Crippen molar-refractivity contribution in [2.45, 2.75) is 19.4 Å². The Kier molecular flexibility index (Phi) is 7.71. The number of nitrogens with zero attached hydrogens (tertiary/aromatic N) is 1. The zero-order chi connectivity index (χ0) is 19.8. The van der Waals surface area contributed by atoms with Crippen LogP contribution in [0.2, 0.25) is 5.02 Å². The lowest BCUT2D eigenvalue weighted by Gasteiger charge is -2.35. The minimum atomic E-state index is -0.133. The first kappa shape index (κ1) is 20.6. The molecular formula is C22H27ClN2O3. The van der Waals surface area contributed by atoms with Crippen molar-refractivity contribution in [3.05, 3.63) is 64.7 Å². The maximum atomic E-state index is 12.3. The van der Waals surface area contributed by atoms with Crippen LogP contribution in [0.5, 0.6) is 5.75 Å². The summed E-state index contributed by atoms with van der Waals surface area (Å²) < 4.78 is 11.1. The first-order chi connectivity index (χ1) is 13.7. The van der Waals surface area contributed by atoms with Crippen LogP contribution in [-0.4, -0.2) is 50.3 Å². The quantitative estimate of drug-likeness (QED) is 0.734. The number of halogens is 1. The fourth-order valence-electron chi connectivity index (χ4n) is 3.26. The molecule has 1 amide bonds. The van der Waals surface area contributed by atoms with E-state index in [4.69, 9.17) is 21.1 Å². The highest BCUT2D eigenvalue weighted by Crippen LogP contribution is 2.23. The molecule has 5 nitrogen and oxygen atoms in total.